The van der Waals surface area contributed by atoms with Crippen LogP contribution in [-0.2, 0) is 9.59 Å². The SMILES string of the molecule is O=C1[C@@H]2C3CCC(CC3)N2C(=O)N1c1ccc2ccccc2c1.O=C1[C@H]2C3CCC(CC3)N2C(=O)N1c1ccc2ccccc2c1. The van der Waals surface area contributed by atoms with Gasteiger partial charge in [0.25, 0.3) is 11.8 Å². The molecule has 46 heavy (non-hydrogen) atoms. The second-order valence-corrected chi connectivity index (χ2v) is 13.8. The van der Waals surface area contributed by atoms with Crippen LogP contribution in [0.15, 0.2) is 84.9 Å². The largest absolute Gasteiger partial charge is 0.332 e. The number of anilines is 2. The van der Waals surface area contributed by atoms with Crippen molar-refractivity contribution in [1.29, 1.82) is 0 Å². The predicted octanol–water partition coefficient (Wildman–Crippen LogP) is 7.10. The quantitative estimate of drug-likeness (QED) is 0.226. The summed E-state index contributed by atoms with van der Waals surface area (Å²) in [4.78, 5) is 58.3. The third kappa shape index (κ3) is 4.05. The van der Waals surface area contributed by atoms with Crippen LogP contribution in [0.25, 0.3) is 21.5 Å². The predicted molar refractivity (Wildman–Crippen MR) is 176 cm³/mol. The number of rotatable bonds is 2. The van der Waals surface area contributed by atoms with Crippen LogP contribution in [0.4, 0.5) is 21.0 Å². The molecule has 2 aliphatic carbocycles. The zero-order chi connectivity index (χ0) is 31.1. The molecule has 6 saturated heterocycles. The Morgan fingerprint density at radius 1 is 0.435 bits per heavy atom. The van der Waals surface area contributed by atoms with Crippen molar-refractivity contribution in [3.63, 3.8) is 0 Å². The van der Waals surface area contributed by atoms with Gasteiger partial charge in [0, 0.05) is 12.1 Å². The molecular formula is C38H36N4O4. The zero-order valence-corrected chi connectivity index (χ0v) is 25.6. The molecule has 4 aromatic rings. The van der Waals surface area contributed by atoms with Crippen LogP contribution < -0.4 is 9.80 Å². The number of hydrogen-bond acceptors (Lipinski definition) is 4. The molecule has 6 amide bonds. The highest BCUT2D eigenvalue weighted by Gasteiger charge is 2.57. The summed E-state index contributed by atoms with van der Waals surface area (Å²) >= 11 is 0. The van der Waals surface area contributed by atoms with Crippen molar-refractivity contribution in [3.05, 3.63) is 84.9 Å². The van der Waals surface area contributed by atoms with E-state index in [1.54, 1.807) is 0 Å². The molecule has 6 aliphatic heterocycles. The van der Waals surface area contributed by atoms with Gasteiger partial charge in [0.05, 0.1) is 11.4 Å². The van der Waals surface area contributed by atoms with Gasteiger partial charge in [0.15, 0.2) is 0 Å². The van der Waals surface area contributed by atoms with Gasteiger partial charge in [-0.15, -0.1) is 0 Å². The van der Waals surface area contributed by atoms with Crippen molar-refractivity contribution in [2.45, 2.75) is 75.5 Å². The lowest BCUT2D eigenvalue weighted by Crippen LogP contribution is -2.54. The molecular weight excluding hydrogens is 576 g/mol. The van der Waals surface area contributed by atoms with Crippen molar-refractivity contribution < 1.29 is 19.2 Å². The van der Waals surface area contributed by atoms with Crippen molar-refractivity contribution in [3.8, 4) is 0 Å². The van der Waals surface area contributed by atoms with E-state index in [9.17, 15) is 19.2 Å². The summed E-state index contributed by atoms with van der Waals surface area (Å²) in [5.74, 6) is 0.642. The van der Waals surface area contributed by atoms with Crippen LogP contribution in [-0.4, -0.2) is 57.8 Å². The van der Waals surface area contributed by atoms with Crippen molar-refractivity contribution in [2.24, 2.45) is 11.8 Å². The lowest BCUT2D eigenvalue weighted by Gasteiger charge is -2.45. The summed E-state index contributed by atoms with van der Waals surface area (Å²) in [6, 6.07) is 27.5. The molecule has 0 unspecified atom stereocenters. The van der Waals surface area contributed by atoms with Crippen LogP contribution >= 0.6 is 0 Å². The van der Waals surface area contributed by atoms with Gasteiger partial charge in [-0.1, -0.05) is 60.7 Å². The number of benzene rings is 4. The van der Waals surface area contributed by atoms with Crippen molar-refractivity contribution in [2.75, 3.05) is 9.80 Å². The lowest BCUT2D eigenvalue weighted by atomic mass is 9.75. The highest BCUT2D eigenvalue weighted by Crippen LogP contribution is 2.46. The van der Waals surface area contributed by atoms with E-state index in [-0.39, 0.29) is 48.0 Å². The van der Waals surface area contributed by atoms with E-state index in [0.29, 0.717) is 23.2 Å². The second kappa shape index (κ2) is 10.4. The minimum absolute atomic E-state index is 0.0281. The summed E-state index contributed by atoms with van der Waals surface area (Å²) in [6.45, 7) is 0. The van der Waals surface area contributed by atoms with E-state index in [4.69, 9.17) is 0 Å². The maximum absolute atomic E-state index is 12.9. The number of carbonyl (C=O) groups excluding carboxylic acids is 4. The Morgan fingerprint density at radius 2 is 0.804 bits per heavy atom. The molecule has 0 radical (unpaired) electrons. The first kappa shape index (κ1) is 27.6. The first-order valence-corrected chi connectivity index (χ1v) is 16.8. The van der Waals surface area contributed by atoms with E-state index in [0.717, 1.165) is 72.9 Å². The average molecular weight is 613 g/mol. The number of fused-ring (bicyclic) bond motifs is 6. The van der Waals surface area contributed by atoms with Crippen LogP contribution in [0, 0.1) is 11.8 Å². The molecule has 232 valence electrons. The maximum Gasteiger partial charge on any atom is 0.332 e. The summed E-state index contributed by atoms with van der Waals surface area (Å²) in [6.07, 6.45) is 8.51. The number of imide groups is 2. The van der Waals surface area contributed by atoms with E-state index in [2.05, 4.69) is 0 Å². The standard InChI is InChI=1S/2C19H18N2O2/c2*22-18-17-13-6-8-15(9-7-13)20(17)19(23)21(18)16-10-5-12-3-1-2-4-14(12)11-16/h2*1-5,10-11,13,15,17H,6-9H2/t2*13?,15?,17-/m10/s1. The molecule has 8 heteroatoms. The fourth-order valence-electron chi connectivity index (χ4n) is 9.28. The third-order valence-electron chi connectivity index (χ3n) is 11.5. The van der Waals surface area contributed by atoms with Crippen LogP contribution in [0.1, 0.15) is 51.4 Å². The Hall–Kier alpha value is -4.72. The van der Waals surface area contributed by atoms with Crippen molar-refractivity contribution >= 4 is 56.8 Å². The Labute approximate surface area is 267 Å². The first-order chi connectivity index (χ1) is 22.5. The average Bonchev–Trinajstić information content (AvgIpc) is 3.56. The molecule has 0 aromatic heterocycles. The molecule has 2 saturated carbocycles. The van der Waals surface area contributed by atoms with Gasteiger partial charge in [-0.05, 0) is 109 Å². The number of nitrogens with zero attached hydrogens (tertiary/aromatic N) is 4. The molecule has 0 N–H and O–H groups in total. The summed E-state index contributed by atoms with van der Waals surface area (Å²) in [5.41, 5.74) is 1.40. The normalized spacial score (nSPS) is 29.5. The Bertz CT molecular complexity index is 1730. The number of piperidine rings is 4. The van der Waals surface area contributed by atoms with E-state index in [1.807, 2.05) is 94.7 Å². The Kier molecular flexibility index (Phi) is 6.24. The highest BCUT2D eigenvalue weighted by atomic mass is 16.2. The van der Waals surface area contributed by atoms with E-state index >= 15 is 0 Å². The number of urea groups is 2. The molecule has 8 nitrogen and oxygen atoms in total. The summed E-state index contributed by atoms with van der Waals surface area (Å²) in [5, 5.41) is 4.35. The molecule has 4 aromatic carbocycles. The smallest absolute Gasteiger partial charge is 0.309 e. The molecule has 4 bridgehead atoms. The van der Waals surface area contributed by atoms with E-state index < -0.39 is 0 Å². The topological polar surface area (TPSA) is 81.2 Å². The third-order valence-corrected chi connectivity index (χ3v) is 11.5. The number of amides is 6. The molecule has 2 atom stereocenters. The Morgan fingerprint density at radius 3 is 1.17 bits per heavy atom. The molecule has 6 heterocycles. The maximum atomic E-state index is 12.9. The van der Waals surface area contributed by atoms with Gasteiger partial charge < -0.3 is 9.80 Å². The molecule has 12 rings (SSSR count). The fraction of sp³-hybridized carbons (Fsp3) is 0.368. The summed E-state index contributed by atoms with van der Waals surface area (Å²) < 4.78 is 0. The van der Waals surface area contributed by atoms with Gasteiger partial charge in [0.1, 0.15) is 12.1 Å². The molecule has 8 aliphatic rings. The van der Waals surface area contributed by atoms with Crippen LogP contribution in [0.2, 0.25) is 0 Å². The minimum Gasteiger partial charge on any atom is -0.309 e. The van der Waals surface area contributed by atoms with Crippen LogP contribution in [0.3, 0.4) is 0 Å². The number of hydrogen-bond donors (Lipinski definition) is 0. The number of carbonyl (C=O) groups is 4. The van der Waals surface area contributed by atoms with Crippen LogP contribution in [0.5, 0.6) is 0 Å². The molecule has 8 fully saturated rings. The van der Waals surface area contributed by atoms with Crippen molar-refractivity contribution in [1.82, 2.24) is 9.80 Å². The van der Waals surface area contributed by atoms with Gasteiger partial charge >= 0.3 is 12.1 Å². The van der Waals surface area contributed by atoms with Gasteiger partial charge in [-0.3, -0.25) is 9.59 Å². The Balaban J connectivity index is 0.000000127. The van der Waals surface area contributed by atoms with Gasteiger partial charge in [0.2, 0.25) is 0 Å². The summed E-state index contributed by atoms with van der Waals surface area (Å²) in [7, 11) is 0. The van der Waals surface area contributed by atoms with Gasteiger partial charge in [-0.25, -0.2) is 19.4 Å². The lowest BCUT2D eigenvalue weighted by molar-refractivity contribution is -0.125. The molecule has 0 spiro atoms. The fourth-order valence-corrected chi connectivity index (χ4v) is 9.28. The monoisotopic (exact) mass is 612 g/mol. The minimum atomic E-state index is -0.221. The zero-order valence-electron chi connectivity index (χ0n) is 25.6. The second-order valence-electron chi connectivity index (χ2n) is 13.8. The van der Waals surface area contributed by atoms with Gasteiger partial charge in [-0.2, -0.15) is 0 Å². The van der Waals surface area contributed by atoms with E-state index in [1.165, 1.54) is 9.80 Å². The first-order valence-electron chi connectivity index (χ1n) is 16.8. The highest BCUT2D eigenvalue weighted by molar-refractivity contribution is 6.23.